The smallest absolute Gasteiger partial charge is 0.412 e. The van der Waals surface area contributed by atoms with Gasteiger partial charge in [0.15, 0.2) is 0 Å². The van der Waals surface area contributed by atoms with Gasteiger partial charge in [-0.1, -0.05) is 6.08 Å². The molecule has 0 radical (unpaired) electrons. The second kappa shape index (κ2) is 7.13. The van der Waals surface area contributed by atoms with Gasteiger partial charge in [-0.25, -0.2) is 9.59 Å². The summed E-state index contributed by atoms with van der Waals surface area (Å²) in [5.74, 6) is -1.15. The van der Waals surface area contributed by atoms with Crippen LogP contribution in [0, 0.1) is 6.92 Å². The number of hydrogen-bond acceptors (Lipinski definition) is 4. The zero-order valence-electron chi connectivity index (χ0n) is 13.8. The molecule has 1 amide bonds. The van der Waals surface area contributed by atoms with E-state index in [1.54, 1.807) is 27.7 Å². The Morgan fingerprint density at radius 2 is 2.09 bits per heavy atom. The summed E-state index contributed by atoms with van der Waals surface area (Å²) in [4.78, 5) is 35.6. The molecule has 23 heavy (non-hydrogen) atoms. The molecule has 0 bridgehead atoms. The lowest BCUT2D eigenvalue weighted by Gasteiger charge is -2.20. The number of aliphatic carboxylic acids is 1. The van der Waals surface area contributed by atoms with E-state index in [-0.39, 0.29) is 12.1 Å². The molecule has 0 saturated carbocycles. The molecule has 1 unspecified atom stereocenters. The molecule has 0 aromatic carbocycles. The molecular weight excluding hydrogens is 300 g/mol. The summed E-state index contributed by atoms with van der Waals surface area (Å²) in [5, 5.41) is 11.6. The molecule has 0 aliphatic carbocycles. The number of pyridine rings is 1. The van der Waals surface area contributed by atoms with Crippen molar-refractivity contribution in [2.45, 2.75) is 45.8 Å². The summed E-state index contributed by atoms with van der Waals surface area (Å²) in [6.07, 6.45) is 2.17. The van der Waals surface area contributed by atoms with E-state index in [1.807, 2.05) is 0 Å². The highest BCUT2D eigenvalue weighted by atomic mass is 16.6. The third-order valence-electron chi connectivity index (χ3n) is 2.83. The van der Waals surface area contributed by atoms with Gasteiger partial charge in [0, 0.05) is 6.20 Å². The Morgan fingerprint density at radius 1 is 1.48 bits per heavy atom. The van der Waals surface area contributed by atoms with Gasteiger partial charge < -0.3 is 9.84 Å². The van der Waals surface area contributed by atoms with Crippen LogP contribution in [0.1, 0.15) is 38.8 Å². The van der Waals surface area contributed by atoms with Crippen molar-refractivity contribution >= 4 is 17.7 Å². The van der Waals surface area contributed by atoms with Gasteiger partial charge in [-0.05, 0) is 45.7 Å². The second-order valence-corrected chi connectivity index (χ2v) is 6.15. The first-order valence-corrected chi connectivity index (χ1v) is 7.11. The number of carbonyl (C=O) groups excluding carboxylic acids is 1. The van der Waals surface area contributed by atoms with Crippen molar-refractivity contribution in [3.63, 3.8) is 0 Å². The number of carbonyl (C=O) groups is 2. The van der Waals surface area contributed by atoms with Gasteiger partial charge in [0.2, 0.25) is 0 Å². The first kappa shape index (κ1) is 18.5. The molecule has 0 fully saturated rings. The van der Waals surface area contributed by atoms with Crippen LogP contribution in [0.15, 0.2) is 29.7 Å². The minimum absolute atomic E-state index is 0.0328. The number of hydrogen-bond donors (Lipinski definition) is 2. The molecule has 7 heteroatoms. The number of aromatic nitrogens is 1. The predicted octanol–water partition coefficient (Wildman–Crippen LogP) is 2.71. The molecule has 0 aliphatic heterocycles. The van der Waals surface area contributed by atoms with Crippen molar-refractivity contribution in [3.05, 3.63) is 40.8 Å². The average molecular weight is 322 g/mol. The third kappa shape index (κ3) is 5.28. The van der Waals surface area contributed by atoms with Gasteiger partial charge in [-0.15, -0.1) is 6.58 Å². The van der Waals surface area contributed by atoms with Crippen LogP contribution in [0.2, 0.25) is 0 Å². The standard InChI is InChI=1S/C16H22N2O5/c1-6-7-12(14(20)21)18-9-10(2)8-11(13(18)19)17-15(22)23-16(3,4)5/h6,8-9,12H,1,7H2,2-5H3,(H,17,22)(H,20,21). The first-order valence-electron chi connectivity index (χ1n) is 7.11. The van der Waals surface area contributed by atoms with Crippen LogP contribution < -0.4 is 10.9 Å². The molecule has 7 nitrogen and oxygen atoms in total. The Balaban J connectivity index is 3.21. The number of rotatable bonds is 5. The summed E-state index contributed by atoms with van der Waals surface area (Å²) >= 11 is 0. The number of nitrogens with one attached hydrogen (secondary N) is 1. The highest BCUT2D eigenvalue weighted by Gasteiger charge is 2.22. The van der Waals surface area contributed by atoms with E-state index in [0.717, 1.165) is 4.57 Å². The van der Waals surface area contributed by atoms with E-state index in [1.165, 1.54) is 18.3 Å². The highest BCUT2D eigenvalue weighted by molar-refractivity contribution is 5.84. The van der Waals surface area contributed by atoms with E-state index in [4.69, 9.17) is 4.74 Å². The molecule has 2 N–H and O–H groups in total. The fourth-order valence-corrected chi connectivity index (χ4v) is 1.97. The van der Waals surface area contributed by atoms with E-state index in [9.17, 15) is 19.5 Å². The van der Waals surface area contributed by atoms with Crippen LogP contribution >= 0.6 is 0 Å². The Morgan fingerprint density at radius 3 is 2.57 bits per heavy atom. The minimum Gasteiger partial charge on any atom is -0.480 e. The summed E-state index contributed by atoms with van der Waals surface area (Å²) in [5.41, 5.74) is -0.726. The molecule has 0 saturated heterocycles. The Hall–Kier alpha value is -2.57. The van der Waals surface area contributed by atoms with Crippen LogP contribution in [0.5, 0.6) is 0 Å². The normalized spacial score (nSPS) is 12.3. The SMILES string of the molecule is C=CCC(C(=O)O)n1cc(C)cc(NC(=O)OC(C)(C)C)c1=O. The van der Waals surface area contributed by atoms with Gasteiger partial charge in [0.05, 0.1) is 0 Å². The Kier molecular flexibility index (Phi) is 5.73. The van der Waals surface area contributed by atoms with Gasteiger partial charge in [0.1, 0.15) is 17.3 Å². The van der Waals surface area contributed by atoms with Gasteiger partial charge in [0.25, 0.3) is 5.56 Å². The molecule has 1 rings (SSSR count). The predicted molar refractivity (Wildman–Crippen MR) is 86.8 cm³/mol. The van der Waals surface area contributed by atoms with E-state index >= 15 is 0 Å². The molecule has 126 valence electrons. The lowest BCUT2D eigenvalue weighted by molar-refractivity contribution is -0.140. The number of aryl methyl sites for hydroxylation is 1. The van der Waals surface area contributed by atoms with Crippen molar-refractivity contribution in [2.75, 3.05) is 5.32 Å². The molecular formula is C16H22N2O5. The Bertz CT molecular complexity index is 670. The number of carboxylic acid groups (broad SMARTS) is 1. The van der Waals surface area contributed by atoms with Gasteiger partial charge in [-0.3, -0.25) is 14.7 Å². The summed E-state index contributed by atoms with van der Waals surface area (Å²) in [6.45, 7) is 10.3. The lowest BCUT2D eigenvalue weighted by Crippen LogP contribution is -2.34. The quantitative estimate of drug-likeness (QED) is 0.812. The van der Waals surface area contributed by atoms with Crippen LogP contribution in [-0.4, -0.2) is 27.3 Å². The Labute approximate surface area is 134 Å². The number of ether oxygens (including phenoxy) is 1. The number of allylic oxidation sites excluding steroid dienone is 1. The lowest BCUT2D eigenvalue weighted by atomic mass is 10.2. The van der Waals surface area contributed by atoms with Crippen LogP contribution in [0.25, 0.3) is 0 Å². The molecule has 1 aromatic heterocycles. The van der Waals surface area contributed by atoms with Crippen molar-refractivity contribution in [3.8, 4) is 0 Å². The third-order valence-corrected chi connectivity index (χ3v) is 2.83. The van der Waals surface area contributed by atoms with Crippen molar-refractivity contribution in [1.29, 1.82) is 0 Å². The zero-order chi connectivity index (χ0) is 17.8. The number of anilines is 1. The number of carboxylic acids is 1. The maximum Gasteiger partial charge on any atom is 0.412 e. The van der Waals surface area contributed by atoms with Gasteiger partial charge in [-0.2, -0.15) is 0 Å². The summed E-state index contributed by atoms with van der Waals surface area (Å²) in [7, 11) is 0. The molecule has 0 aliphatic rings. The van der Waals surface area contributed by atoms with Crippen LogP contribution in [0.4, 0.5) is 10.5 Å². The van der Waals surface area contributed by atoms with Crippen molar-refractivity contribution in [1.82, 2.24) is 4.57 Å². The molecule has 0 spiro atoms. The topological polar surface area (TPSA) is 97.6 Å². The maximum absolute atomic E-state index is 12.4. The van der Waals surface area contributed by atoms with E-state index in [0.29, 0.717) is 5.56 Å². The second-order valence-electron chi connectivity index (χ2n) is 6.15. The molecule has 1 atom stereocenters. The molecule has 1 heterocycles. The maximum atomic E-state index is 12.4. The number of amides is 1. The first-order chi connectivity index (χ1) is 10.5. The zero-order valence-corrected chi connectivity index (χ0v) is 13.8. The molecule has 1 aromatic rings. The van der Waals surface area contributed by atoms with Gasteiger partial charge >= 0.3 is 12.1 Å². The summed E-state index contributed by atoms with van der Waals surface area (Å²) < 4.78 is 6.18. The van der Waals surface area contributed by atoms with Crippen LogP contribution in [0.3, 0.4) is 0 Å². The van der Waals surface area contributed by atoms with Crippen LogP contribution in [-0.2, 0) is 9.53 Å². The fourth-order valence-electron chi connectivity index (χ4n) is 1.97. The van der Waals surface area contributed by atoms with E-state index in [2.05, 4.69) is 11.9 Å². The highest BCUT2D eigenvalue weighted by Crippen LogP contribution is 2.15. The van der Waals surface area contributed by atoms with Crippen molar-refractivity contribution < 1.29 is 19.4 Å². The fraction of sp³-hybridized carbons (Fsp3) is 0.438. The van der Waals surface area contributed by atoms with Crippen molar-refractivity contribution in [2.24, 2.45) is 0 Å². The average Bonchev–Trinajstić information content (AvgIpc) is 2.37. The van der Waals surface area contributed by atoms with E-state index < -0.39 is 29.3 Å². The summed E-state index contributed by atoms with van der Waals surface area (Å²) in [6, 6.07) is 0.384. The number of nitrogens with zero attached hydrogens (tertiary/aromatic N) is 1. The largest absolute Gasteiger partial charge is 0.480 e. The minimum atomic E-state index is -1.15. The monoisotopic (exact) mass is 322 g/mol.